The Balaban J connectivity index is 1.40. The van der Waals surface area contributed by atoms with Crippen molar-refractivity contribution < 1.29 is 17.6 Å². The molecule has 2 aromatic rings. The molecule has 2 bridgehead atoms. The summed E-state index contributed by atoms with van der Waals surface area (Å²) in [5, 5.41) is 0. The van der Waals surface area contributed by atoms with Crippen molar-refractivity contribution in [2.24, 2.45) is 0 Å². The third-order valence-electron chi connectivity index (χ3n) is 4.38. The molecule has 0 radical (unpaired) electrons. The third kappa shape index (κ3) is 2.76. The van der Waals surface area contributed by atoms with Crippen molar-refractivity contribution in [1.82, 2.24) is 0 Å². The van der Waals surface area contributed by atoms with Crippen molar-refractivity contribution in [1.29, 1.82) is 0 Å². The molecule has 0 aromatic heterocycles. The van der Waals surface area contributed by atoms with E-state index in [9.17, 15) is 17.6 Å². The van der Waals surface area contributed by atoms with Crippen LogP contribution in [0.3, 0.4) is 0 Å². The van der Waals surface area contributed by atoms with E-state index in [1.54, 1.807) is 12.1 Å². The molecule has 3 saturated carbocycles. The van der Waals surface area contributed by atoms with Gasteiger partial charge in [0, 0.05) is 0 Å². The van der Waals surface area contributed by atoms with Gasteiger partial charge in [0.15, 0.2) is 0 Å². The number of hydrogen-bond donors (Lipinski definition) is 0. The Bertz CT molecular complexity index is 707. The molecule has 120 valence electrons. The van der Waals surface area contributed by atoms with Crippen LogP contribution < -0.4 is 8.92 Å². The molecule has 0 nitrogen and oxygen atoms in total. The standard InChI is InChI=1S/C17H12F4Se2/c18-12-3-1-10(5-14(12)20)22-16-7-17(8-16,9-16)23-11-2-4-13(19)15(21)6-11/h1-6H,7-9H2. The molecule has 0 heterocycles. The van der Waals surface area contributed by atoms with Crippen molar-refractivity contribution in [2.75, 3.05) is 0 Å². The maximum atomic E-state index is 13.3. The summed E-state index contributed by atoms with van der Waals surface area (Å²) >= 11 is 0.265. The Morgan fingerprint density at radius 2 is 1.00 bits per heavy atom. The Hall–Kier alpha value is -0.801. The minimum atomic E-state index is -0.805. The van der Waals surface area contributed by atoms with E-state index in [1.165, 1.54) is 24.3 Å². The van der Waals surface area contributed by atoms with E-state index in [-0.39, 0.29) is 38.5 Å². The Labute approximate surface area is 144 Å². The van der Waals surface area contributed by atoms with Gasteiger partial charge in [-0.25, -0.2) is 0 Å². The summed E-state index contributed by atoms with van der Waals surface area (Å²) < 4.78 is 54.9. The van der Waals surface area contributed by atoms with Crippen LogP contribution in [0.25, 0.3) is 0 Å². The summed E-state index contributed by atoms with van der Waals surface area (Å²) in [6.07, 6.45) is 3.20. The van der Waals surface area contributed by atoms with Gasteiger partial charge in [0.05, 0.1) is 0 Å². The molecule has 3 aliphatic rings. The van der Waals surface area contributed by atoms with Gasteiger partial charge in [-0.1, -0.05) is 0 Å². The number of halogens is 4. The van der Waals surface area contributed by atoms with Gasteiger partial charge in [-0.2, -0.15) is 0 Å². The third-order valence-corrected chi connectivity index (χ3v) is 10.1. The van der Waals surface area contributed by atoms with Gasteiger partial charge in [0.2, 0.25) is 0 Å². The predicted octanol–water partition coefficient (Wildman–Crippen LogP) is 3.12. The van der Waals surface area contributed by atoms with E-state index in [2.05, 4.69) is 0 Å². The van der Waals surface area contributed by atoms with E-state index in [0.29, 0.717) is 0 Å². The van der Waals surface area contributed by atoms with Gasteiger partial charge in [-0.15, -0.1) is 0 Å². The first kappa shape index (κ1) is 15.7. The molecule has 6 heteroatoms. The van der Waals surface area contributed by atoms with Gasteiger partial charge in [0.25, 0.3) is 0 Å². The molecule has 2 aromatic carbocycles. The maximum absolute atomic E-state index is 13.3. The zero-order chi connectivity index (χ0) is 16.2. The van der Waals surface area contributed by atoms with E-state index in [0.717, 1.165) is 28.2 Å². The van der Waals surface area contributed by atoms with E-state index >= 15 is 0 Å². The average Bonchev–Trinajstić information content (AvgIpc) is 2.43. The van der Waals surface area contributed by atoms with Crippen LogP contribution in [0, 0.1) is 23.3 Å². The molecule has 0 spiro atoms. The number of hydrogen-bond acceptors (Lipinski definition) is 0. The van der Waals surface area contributed by atoms with Gasteiger partial charge >= 0.3 is 144 Å². The topological polar surface area (TPSA) is 0 Å². The second kappa shape index (κ2) is 5.35. The minimum absolute atomic E-state index is 0.132. The number of rotatable bonds is 4. The molecule has 0 N–H and O–H groups in total. The van der Waals surface area contributed by atoms with Gasteiger partial charge in [-0.3, -0.25) is 0 Å². The summed E-state index contributed by atoms with van der Waals surface area (Å²) in [5.41, 5.74) is 0. The zero-order valence-electron chi connectivity index (χ0n) is 11.9. The quantitative estimate of drug-likeness (QED) is 0.497. The fourth-order valence-electron chi connectivity index (χ4n) is 3.40. The molecule has 0 atom stereocenters. The first-order chi connectivity index (χ1) is 10.9. The Morgan fingerprint density at radius 3 is 1.35 bits per heavy atom. The molecule has 0 unspecified atom stereocenters. The molecular formula is C17H12F4Se2. The molecule has 0 aliphatic heterocycles. The Morgan fingerprint density at radius 1 is 0.609 bits per heavy atom. The van der Waals surface area contributed by atoms with E-state index in [1.807, 2.05) is 0 Å². The van der Waals surface area contributed by atoms with Crippen molar-refractivity contribution >= 4 is 38.8 Å². The van der Waals surface area contributed by atoms with Crippen LogP contribution in [-0.2, 0) is 0 Å². The summed E-state index contributed by atoms with van der Waals surface area (Å²) in [6, 6.07) is 8.35. The van der Waals surface area contributed by atoms with Crippen molar-refractivity contribution in [3.8, 4) is 0 Å². The SMILES string of the molecule is Fc1ccc([Se]C23CC([Se]c4ccc(F)c(F)c4)(C2)C3)cc1F. The second-order valence-electron chi connectivity index (χ2n) is 6.25. The summed E-state index contributed by atoms with van der Waals surface area (Å²) in [6.45, 7) is 0. The summed E-state index contributed by atoms with van der Waals surface area (Å²) in [7, 11) is 0. The zero-order valence-corrected chi connectivity index (χ0v) is 15.3. The van der Waals surface area contributed by atoms with Gasteiger partial charge < -0.3 is 0 Å². The normalized spacial score (nSPS) is 28.2. The molecule has 0 saturated heterocycles. The molecule has 3 aliphatic carbocycles. The molecule has 3 fully saturated rings. The van der Waals surface area contributed by atoms with Gasteiger partial charge in [0.1, 0.15) is 0 Å². The molecule has 23 heavy (non-hydrogen) atoms. The van der Waals surface area contributed by atoms with Crippen LogP contribution >= 0.6 is 0 Å². The van der Waals surface area contributed by atoms with Crippen LogP contribution in [-0.4, -0.2) is 29.9 Å². The van der Waals surface area contributed by atoms with Crippen molar-refractivity contribution in [3.05, 3.63) is 59.7 Å². The molecule has 0 amide bonds. The monoisotopic (exact) mass is 452 g/mol. The van der Waals surface area contributed by atoms with Crippen LogP contribution in [0.15, 0.2) is 36.4 Å². The first-order valence-corrected chi connectivity index (χ1v) is 10.6. The van der Waals surface area contributed by atoms with Crippen LogP contribution in [0.4, 0.5) is 17.6 Å². The summed E-state index contributed by atoms with van der Waals surface area (Å²) in [4.78, 5) is 0. The van der Waals surface area contributed by atoms with Crippen LogP contribution in [0.2, 0.25) is 8.63 Å². The van der Waals surface area contributed by atoms with Gasteiger partial charge in [-0.05, 0) is 0 Å². The second-order valence-corrected chi connectivity index (χ2v) is 12.7. The van der Waals surface area contributed by atoms with Crippen LogP contribution in [0.1, 0.15) is 19.3 Å². The molecule has 5 rings (SSSR count). The van der Waals surface area contributed by atoms with Crippen molar-refractivity contribution in [3.63, 3.8) is 0 Å². The predicted molar refractivity (Wildman–Crippen MR) is 82.7 cm³/mol. The van der Waals surface area contributed by atoms with E-state index < -0.39 is 23.3 Å². The van der Waals surface area contributed by atoms with Crippen LogP contribution in [0.5, 0.6) is 0 Å². The fourth-order valence-corrected chi connectivity index (χ4v) is 12.5. The van der Waals surface area contributed by atoms with E-state index in [4.69, 9.17) is 0 Å². The number of benzene rings is 2. The Kier molecular flexibility index (Phi) is 3.66. The van der Waals surface area contributed by atoms with Crippen molar-refractivity contribution in [2.45, 2.75) is 27.9 Å². The molecular weight excluding hydrogens is 438 g/mol. The summed E-state index contributed by atoms with van der Waals surface area (Å²) in [5.74, 6) is -3.17. The first-order valence-electron chi connectivity index (χ1n) is 7.17. The average molecular weight is 450 g/mol. The fraction of sp³-hybridized carbons (Fsp3) is 0.294.